The van der Waals surface area contributed by atoms with E-state index in [1.54, 1.807) is 24.3 Å². The first-order chi connectivity index (χ1) is 10.9. The third kappa shape index (κ3) is 3.03. The van der Waals surface area contributed by atoms with Crippen LogP contribution in [0.1, 0.15) is 15.9 Å². The lowest BCUT2D eigenvalue weighted by molar-refractivity contribution is 0.0963. The molecule has 2 aromatic carbocycles. The van der Waals surface area contributed by atoms with Crippen LogP contribution in [0.2, 0.25) is 0 Å². The molecule has 3 rings (SSSR count). The van der Waals surface area contributed by atoms with Crippen LogP contribution in [-0.2, 0) is 16.8 Å². The summed E-state index contributed by atoms with van der Waals surface area (Å²) in [5.74, 6) is -0.655. The number of fused-ring (bicyclic) bond motifs is 1. The van der Waals surface area contributed by atoms with E-state index in [1.165, 1.54) is 19.2 Å². The van der Waals surface area contributed by atoms with E-state index in [0.717, 1.165) is 0 Å². The first-order valence-electron chi connectivity index (χ1n) is 6.73. The summed E-state index contributed by atoms with van der Waals surface area (Å²) in [5.41, 5.74) is 1.71. The van der Waals surface area contributed by atoms with Crippen molar-refractivity contribution in [1.29, 1.82) is 0 Å². The molecule has 1 aliphatic rings. The van der Waals surface area contributed by atoms with Gasteiger partial charge in [0.1, 0.15) is 5.82 Å². The van der Waals surface area contributed by atoms with Crippen LogP contribution in [0.25, 0.3) is 11.1 Å². The third-order valence-corrected chi connectivity index (χ3v) is 4.33. The van der Waals surface area contributed by atoms with Crippen LogP contribution < -0.4 is 14.2 Å². The number of nitrogens with one attached hydrogen (secondary N) is 2. The summed E-state index contributed by atoms with van der Waals surface area (Å²) >= 11 is 0. The van der Waals surface area contributed by atoms with Crippen molar-refractivity contribution in [1.82, 2.24) is 10.0 Å². The van der Waals surface area contributed by atoms with Gasteiger partial charge in [0.15, 0.2) is 5.75 Å². The first-order valence-corrected chi connectivity index (χ1v) is 8.14. The molecule has 1 aliphatic heterocycles. The van der Waals surface area contributed by atoms with Crippen molar-refractivity contribution in [2.75, 3.05) is 7.05 Å². The second kappa shape index (κ2) is 5.64. The van der Waals surface area contributed by atoms with Gasteiger partial charge in [-0.2, -0.15) is 13.1 Å². The summed E-state index contributed by atoms with van der Waals surface area (Å²) in [7, 11) is -2.38. The average molecular weight is 336 g/mol. The van der Waals surface area contributed by atoms with Gasteiger partial charge >= 0.3 is 10.3 Å². The van der Waals surface area contributed by atoms with Crippen LogP contribution in [-0.4, -0.2) is 21.4 Å². The smallest absolute Gasteiger partial charge is 0.370 e. The van der Waals surface area contributed by atoms with Crippen LogP contribution >= 0.6 is 0 Å². The predicted octanol–water partition coefficient (Wildman–Crippen LogP) is 1.58. The fourth-order valence-electron chi connectivity index (χ4n) is 2.35. The number of rotatable bonds is 2. The molecule has 2 N–H and O–H groups in total. The van der Waals surface area contributed by atoms with Crippen molar-refractivity contribution in [2.45, 2.75) is 6.54 Å². The molecule has 0 radical (unpaired) electrons. The summed E-state index contributed by atoms with van der Waals surface area (Å²) in [6, 6.07) is 8.78. The van der Waals surface area contributed by atoms with Gasteiger partial charge < -0.3 is 9.50 Å². The fourth-order valence-corrected chi connectivity index (χ4v) is 3.15. The van der Waals surface area contributed by atoms with E-state index in [0.29, 0.717) is 22.3 Å². The molecule has 0 fully saturated rings. The Kier molecular flexibility index (Phi) is 3.78. The van der Waals surface area contributed by atoms with Crippen molar-refractivity contribution in [3.8, 4) is 16.9 Å². The topological polar surface area (TPSA) is 84.5 Å². The Labute approximate surface area is 132 Å². The van der Waals surface area contributed by atoms with E-state index in [9.17, 15) is 17.6 Å². The summed E-state index contributed by atoms with van der Waals surface area (Å²) in [6.07, 6.45) is 0. The van der Waals surface area contributed by atoms with Gasteiger partial charge in [-0.05, 0) is 29.8 Å². The molecule has 8 heteroatoms. The molecule has 0 saturated heterocycles. The van der Waals surface area contributed by atoms with Gasteiger partial charge in [0, 0.05) is 30.3 Å². The lowest BCUT2D eigenvalue weighted by atomic mass is 9.99. The molecule has 1 amide bonds. The van der Waals surface area contributed by atoms with Crippen molar-refractivity contribution in [3.63, 3.8) is 0 Å². The maximum atomic E-state index is 13.8. The zero-order chi connectivity index (χ0) is 16.6. The minimum absolute atomic E-state index is 0.0429. The van der Waals surface area contributed by atoms with Crippen molar-refractivity contribution >= 4 is 16.2 Å². The number of hydrogen-bond acceptors (Lipinski definition) is 4. The Morgan fingerprint density at radius 2 is 1.96 bits per heavy atom. The molecule has 0 saturated carbocycles. The molecule has 0 bridgehead atoms. The van der Waals surface area contributed by atoms with Crippen LogP contribution in [0.5, 0.6) is 5.75 Å². The van der Waals surface area contributed by atoms with E-state index < -0.39 is 16.1 Å². The summed E-state index contributed by atoms with van der Waals surface area (Å²) in [4.78, 5) is 11.5. The highest BCUT2D eigenvalue weighted by Crippen LogP contribution is 2.37. The van der Waals surface area contributed by atoms with Gasteiger partial charge in [0.2, 0.25) is 0 Å². The zero-order valence-electron chi connectivity index (χ0n) is 12.1. The van der Waals surface area contributed by atoms with Gasteiger partial charge in [-0.25, -0.2) is 4.39 Å². The highest BCUT2D eigenvalue weighted by atomic mass is 32.2. The molecule has 0 aromatic heterocycles. The molecule has 2 aromatic rings. The molecule has 0 spiro atoms. The zero-order valence-corrected chi connectivity index (χ0v) is 12.9. The van der Waals surface area contributed by atoms with Crippen LogP contribution in [0.3, 0.4) is 0 Å². The Morgan fingerprint density at radius 3 is 2.61 bits per heavy atom. The quantitative estimate of drug-likeness (QED) is 0.872. The Balaban J connectivity index is 2.10. The monoisotopic (exact) mass is 336 g/mol. The second-order valence-corrected chi connectivity index (χ2v) is 6.32. The lowest BCUT2D eigenvalue weighted by Crippen LogP contribution is -2.32. The number of carbonyl (C=O) groups is 1. The Bertz CT molecular complexity index is 879. The van der Waals surface area contributed by atoms with Gasteiger partial charge in [0.25, 0.3) is 5.91 Å². The van der Waals surface area contributed by atoms with Crippen LogP contribution in [0.15, 0.2) is 36.4 Å². The summed E-state index contributed by atoms with van der Waals surface area (Å²) < 4.78 is 44.1. The Morgan fingerprint density at radius 1 is 1.26 bits per heavy atom. The van der Waals surface area contributed by atoms with Gasteiger partial charge in [-0.1, -0.05) is 12.1 Å². The molecule has 6 nitrogen and oxygen atoms in total. The van der Waals surface area contributed by atoms with E-state index in [-0.39, 0.29) is 18.2 Å². The van der Waals surface area contributed by atoms with E-state index in [2.05, 4.69) is 10.0 Å². The number of amides is 1. The van der Waals surface area contributed by atoms with E-state index >= 15 is 0 Å². The lowest BCUT2D eigenvalue weighted by Gasteiger charge is -2.21. The molecule has 0 aliphatic carbocycles. The summed E-state index contributed by atoms with van der Waals surface area (Å²) in [6.45, 7) is -0.0429. The Hall–Kier alpha value is -2.45. The molecular formula is C15H13FN2O4S. The standard InChI is InChI=1S/C15H13FN2O4S/c1-17-15(19)10-4-2-9(3-5-10)13-7-12(16)6-11-8-18-23(20,21)22-14(11)13/h2-7,18H,8H2,1H3,(H,17,19). The van der Waals surface area contributed by atoms with Crippen molar-refractivity contribution < 1.29 is 21.8 Å². The number of benzene rings is 2. The molecular weight excluding hydrogens is 323 g/mol. The first kappa shape index (κ1) is 15.4. The van der Waals surface area contributed by atoms with Crippen molar-refractivity contribution in [3.05, 3.63) is 53.3 Å². The minimum Gasteiger partial charge on any atom is -0.370 e. The van der Waals surface area contributed by atoms with Crippen molar-refractivity contribution in [2.24, 2.45) is 0 Å². The highest BCUT2D eigenvalue weighted by Gasteiger charge is 2.26. The number of carbonyl (C=O) groups excluding carboxylic acids is 1. The van der Waals surface area contributed by atoms with Gasteiger partial charge in [0.05, 0.1) is 0 Å². The highest BCUT2D eigenvalue weighted by molar-refractivity contribution is 7.85. The molecule has 0 atom stereocenters. The third-order valence-electron chi connectivity index (χ3n) is 3.45. The van der Waals surface area contributed by atoms with E-state index in [1.807, 2.05) is 0 Å². The van der Waals surface area contributed by atoms with E-state index in [4.69, 9.17) is 4.18 Å². The normalized spacial score (nSPS) is 15.4. The number of hydrogen-bond donors (Lipinski definition) is 2. The fraction of sp³-hybridized carbons (Fsp3) is 0.133. The van der Waals surface area contributed by atoms with Gasteiger partial charge in [-0.3, -0.25) is 4.79 Å². The largest absolute Gasteiger partial charge is 0.382 e. The van der Waals surface area contributed by atoms with Crippen LogP contribution in [0, 0.1) is 5.82 Å². The molecule has 1 heterocycles. The maximum absolute atomic E-state index is 13.8. The SMILES string of the molecule is CNC(=O)c1ccc(-c2cc(F)cc3c2OS(=O)(=O)NC3)cc1. The summed E-state index contributed by atoms with van der Waals surface area (Å²) in [5, 5.41) is 2.50. The molecule has 23 heavy (non-hydrogen) atoms. The predicted molar refractivity (Wildman–Crippen MR) is 81.6 cm³/mol. The van der Waals surface area contributed by atoms with Crippen LogP contribution in [0.4, 0.5) is 4.39 Å². The average Bonchev–Trinajstić information content (AvgIpc) is 2.53. The minimum atomic E-state index is -3.90. The molecule has 0 unspecified atom stereocenters. The maximum Gasteiger partial charge on any atom is 0.382 e. The molecule has 120 valence electrons. The second-order valence-electron chi connectivity index (χ2n) is 4.96. The van der Waals surface area contributed by atoms with Gasteiger partial charge in [-0.15, -0.1) is 0 Å². The number of halogens is 1.